The van der Waals surface area contributed by atoms with E-state index >= 15 is 0 Å². The molecule has 0 saturated carbocycles. The van der Waals surface area contributed by atoms with Gasteiger partial charge in [-0.25, -0.2) is 0 Å². The van der Waals surface area contributed by atoms with Gasteiger partial charge in [-0.2, -0.15) is 0 Å². The normalized spacial score (nSPS) is 10.3. The average Bonchev–Trinajstić information content (AvgIpc) is 2.86. The Labute approximate surface area is 205 Å². The van der Waals surface area contributed by atoms with Crippen molar-refractivity contribution >= 4 is 28.9 Å². The molecular formula is C26H28N2O5S. The lowest BCUT2D eigenvalue weighted by atomic mass is 10.2. The maximum Gasteiger partial charge on any atom is 0.261 e. The van der Waals surface area contributed by atoms with Crippen LogP contribution in [0.5, 0.6) is 17.2 Å². The molecule has 3 aromatic rings. The number of nitrogens with one attached hydrogen (secondary N) is 2. The first-order chi connectivity index (χ1) is 16.7. The van der Waals surface area contributed by atoms with Crippen molar-refractivity contribution in [1.29, 1.82) is 0 Å². The average molecular weight is 481 g/mol. The Kier molecular flexibility index (Phi) is 10.2. The Bertz CT molecular complexity index is 1060. The topological polar surface area (TPSA) is 78.1 Å². The van der Waals surface area contributed by atoms with Gasteiger partial charge in [0.1, 0.15) is 37.1 Å². The van der Waals surface area contributed by atoms with Crippen LogP contribution in [0, 0.1) is 0 Å². The van der Waals surface area contributed by atoms with Crippen LogP contribution in [0.2, 0.25) is 0 Å². The molecule has 3 aromatic carbocycles. The zero-order chi connectivity index (χ0) is 24.0. The molecule has 2 N–H and O–H groups in total. The fraction of sp³-hybridized carbons (Fsp3) is 0.231. The van der Waals surface area contributed by atoms with Gasteiger partial charge in [-0.1, -0.05) is 42.5 Å². The van der Waals surface area contributed by atoms with Crippen molar-refractivity contribution in [1.82, 2.24) is 5.32 Å². The van der Waals surface area contributed by atoms with Crippen molar-refractivity contribution < 1.29 is 23.7 Å². The highest BCUT2D eigenvalue weighted by Crippen LogP contribution is 2.24. The van der Waals surface area contributed by atoms with Gasteiger partial charge in [0.2, 0.25) is 0 Å². The van der Waals surface area contributed by atoms with E-state index in [9.17, 15) is 4.79 Å². The van der Waals surface area contributed by atoms with Crippen molar-refractivity contribution in [3.63, 3.8) is 0 Å². The summed E-state index contributed by atoms with van der Waals surface area (Å²) in [4.78, 5) is 12.8. The third-order valence-corrected chi connectivity index (χ3v) is 4.74. The maximum absolute atomic E-state index is 12.8. The molecule has 0 aliphatic heterocycles. The Morgan fingerprint density at radius 1 is 0.765 bits per heavy atom. The largest absolute Gasteiger partial charge is 0.490 e. The van der Waals surface area contributed by atoms with Crippen LogP contribution in [-0.4, -0.2) is 44.1 Å². The summed E-state index contributed by atoms with van der Waals surface area (Å²) in [5, 5.41) is 5.86. The van der Waals surface area contributed by atoms with E-state index in [2.05, 4.69) is 10.6 Å². The molecule has 0 atom stereocenters. The number of amides is 1. The van der Waals surface area contributed by atoms with E-state index < -0.39 is 0 Å². The van der Waals surface area contributed by atoms with E-state index in [1.807, 2.05) is 61.5 Å². The predicted octanol–water partition coefficient (Wildman–Crippen LogP) is 4.69. The molecule has 0 heterocycles. The molecule has 0 aliphatic carbocycles. The number of carbonyl (C=O) groups excluding carboxylic acids is 1. The summed E-state index contributed by atoms with van der Waals surface area (Å²) in [7, 11) is 0. The summed E-state index contributed by atoms with van der Waals surface area (Å²) in [5.74, 6) is 1.46. The van der Waals surface area contributed by atoms with E-state index in [1.54, 1.807) is 24.3 Å². The highest BCUT2D eigenvalue weighted by atomic mass is 32.1. The second-order valence-electron chi connectivity index (χ2n) is 6.96. The first-order valence-electron chi connectivity index (χ1n) is 11.0. The molecule has 8 heteroatoms. The van der Waals surface area contributed by atoms with Crippen LogP contribution in [0.3, 0.4) is 0 Å². The highest BCUT2D eigenvalue weighted by Gasteiger charge is 2.14. The smallest absolute Gasteiger partial charge is 0.261 e. The Hall–Kier alpha value is -3.62. The number of ether oxygens (including phenoxy) is 4. The van der Waals surface area contributed by atoms with E-state index in [0.717, 1.165) is 5.75 Å². The molecule has 0 spiro atoms. The second kappa shape index (κ2) is 13.8. The molecule has 3 rings (SSSR count). The lowest BCUT2D eigenvalue weighted by Gasteiger charge is -2.15. The lowest BCUT2D eigenvalue weighted by molar-refractivity contribution is 0.0958. The Morgan fingerprint density at radius 2 is 1.38 bits per heavy atom. The first kappa shape index (κ1) is 25.0. The van der Waals surface area contributed by atoms with Gasteiger partial charge < -0.3 is 24.3 Å². The predicted molar refractivity (Wildman–Crippen MR) is 136 cm³/mol. The number of hydrogen-bond donors (Lipinski definition) is 2. The summed E-state index contributed by atoms with van der Waals surface area (Å²) in [5.41, 5.74) is 1.01. The molecule has 0 unspecified atom stereocenters. The van der Waals surface area contributed by atoms with Crippen LogP contribution in [0.25, 0.3) is 0 Å². The van der Waals surface area contributed by atoms with Crippen LogP contribution < -0.4 is 24.8 Å². The van der Waals surface area contributed by atoms with Crippen molar-refractivity contribution in [3.8, 4) is 17.2 Å². The van der Waals surface area contributed by atoms with Crippen molar-refractivity contribution in [2.24, 2.45) is 0 Å². The Balaban J connectivity index is 1.52. The van der Waals surface area contributed by atoms with Crippen molar-refractivity contribution in [2.75, 3.05) is 38.4 Å². The van der Waals surface area contributed by atoms with Gasteiger partial charge in [-0.05, 0) is 55.5 Å². The summed E-state index contributed by atoms with van der Waals surface area (Å²) >= 11 is 5.35. The number of para-hydroxylation sites is 4. The molecule has 7 nitrogen and oxygen atoms in total. The maximum atomic E-state index is 12.8. The molecular weight excluding hydrogens is 452 g/mol. The monoisotopic (exact) mass is 480 g/mol. The van der Waals surface area contributed by atoms with Crippen LogP contribution in [0.1, 0.15) is 17.3 Å². The third kappa shape index (κ3) is 8.06. The van der Waals surface area contributed by atoms with Gasteiger partial charge >= 0.3 is 0 Å². The van der Waals surface area contributed by atoms with Gasteiger partial charge in [0.05, 0.1) is 17.9 Å². The molecule has 1 amide bonds. The quantitative estimate of drug-likeness (QED) is 0.288. The Morgan fingerprint density at radius 3 is 2.18 bits per heavy atom. The summed E-state index contributed by atoms with van der Waals surface area (Å²) in [6.45, 7) is 4.05. The number of hydrogen-bond acceptors (Lipinski definition) is 6. The minimum atomic E-state index is -0.376. The first-order valence-corrected chi connectivity index (χ1v) is 11.4. The summed E-state index contributed by atoms with van der Waals surface area (Å²) < 4.78 is 22.5. The molecule has 0 bridgehead atoms. The zero-order valence-corrected chi connectivity index (χ0v) is 19.8. The van der Waals surface area contributed by atoms with Gasteiger partial charge in [0.15, 0.2) is 5.11 Å². The van der Waals surface area contributed by atoms with Crippen LogP contribution >= 0.6 is 12.2 Å². The van der Waals surface area contributed by atoms with E-state index in [0.29, 0.717) is 55.8 Å². The van der Waals surface area contributed by atoms with E-state index in [4.69, 9.17) is 31.2 Å². The fourth-order valence-electron chi connectivity index (χ4n) is 2.98. The third-order valence-electron chi connectivity index (χ3n) is 4.54. The number of thiocarbonyl (C=S) groups is 1. The van der Waals surface area contributed by atoms with E-state index in [1.165, 1.54) is 0 Å². The van der Waals surface area contributed by atoms with Crippen LogP contribution in [0.4, 0.5) is 5.69 Å². The standard InChI is InChI=1S/C26H28N2O5S/c1-2-30-16-17-32-23-14-8-6-12-21(23)25(29)28-26(34)27-22-13-7-9-15-24(22)33-19-18-31-20-10-4-3-5-11-20/h3-15H,2,16-19H2,1H3,(H2,27,28,29,34). The number of anilines is 1. The fourth-order valence-corrected chi connectivity index (χ4v) is 3.19. The molecule has 0 saturated heterocycles. The van der Waals surface area contributed by atoms with Crippen molar-refractivity contribution in [3.05, 3.63) is 84.4 Å². The molecule has 0 aliphatic rings. The van der Waals surface area contributed by atoms with E-state index in [-0.39, 0.29) is 11.0 Å². The molecule has 0 fully saturated rings. The number of rotatable bonds is 12. The molecule has 34 heavy (non-hydrogen) atoms. The summed E-state index contributed by atoms with van der Waals surface area (Å²) in [6, 6.07) is 23.9. The van der Waals surface area contributed by atoms with Gasteiger partial charge in [-0.3, -0.25) is 10.1 Å². The van der Waals surface area contributed by atoms with Gasteiger partial charge in [0, 0.05) is 6.61 Å². The van der Waals surface area contributed by atoms with Crippen molar-refractivity contribution in [2.45, 2.75) is 6.92 Å². The zero-order valence-electron chi connectivity index (χ0n) is 19.0. The SMILES string of the molecule is CCOCCOc1ccccc1C(=O)NC(=S)Nc1ccccc1OCCOc1ccccc1. The highest BCUT2D eigenvalue weighted by molar-refractivity contribution is 7.80. The summed E-state index contributed by atoms with van der Waals surface area (Å²) in [6.07, 6.45) is 0. The second-order valence-corrected chi connectivity index (χ2v) is 7.36. The minimum Gasteiger partial charge on any atom is -0.490 e. The molecule has 0 radical (unpaired) electrons. The van der Waals surface area contributed by atoms with Crippen LogP contribution in [-0.2, 0) is 4.74 Å². The van der Waals surface area contributed by atoms with Crippen LogP contribution in [0.15, 0.2) is 78.9 Å². The lowest BCUT2D eigenvalue weighted by Crippen LogP contribution is -2.34. The minimum absolute atomic E-state index is 0.144. The molecule has 0 aromatic heterocycles. The van der Waals surface area contributed by atoms with Gasteiger partial charge in [-0.15, -0.1) is 0 Å². The number of carbonyl (C=O) groups is 1. The number of benzene rings is 3. The molecule has 178 valence electrons. The van der Waals surface area contributed by atoms with Gasteiger partial charge in [0.25, 0.3) is 5.91 Å².